The minimum atomic E-state index is -3.70. The maximum atomic E-state index is 13.1. The van der Waals surface area contributed by atoms with Crippen molar-refractivity contribution in [2.45, 2.75) is 24.7 Å². The third-order valence-electron chi connectivity index (χ3n) is 5.19. The van der Waals surface area contributed by atoms with E-state index in [-0.39, 0.29) is 17.3 Å². The van der Waals surface area contributed by atoms with Crippen molar-refractivity contribution in [1.29, 1.82) is 0 Å². The van der Waals surface area contributed by atoms with E-state index in [1.807, 2.05) is 6.92 Å². The normalized spacial score (nSPS) is 17.1. The van der Waals surface area contributed by atoms with E-state index >= 15 is 0 Å². The van der Waals surface area contributed by atoms with Crippen LogP contribution in [0.1, 0.15) is 19.8 Å². The van der Waals surface area contributed by atoms with E-state index < -0.39 is 15.9 Å². The maximum Gasteiger partial charge on any atom is 0.243 e. The van der Waals surface area contributed by atoms with Crippen molar-refractivity contribution in [3.05, 3.63) is 42.5 Å². The first-order valence-corrected chi connectivity index (χ1v) is 11.6. The van der Waals surface area contributed by atoms with Crippen LogP contribution in [-0.2, 0) is 14.8 Å². The van der Waals surface area contributed by atoms with Crippen molar-refractivity contribution in [2.75, 3.05) is 39.2 Å². The average Bonchev–Trinajstić information content (AvgIpc) is 2.79. The van der Waals surface area contributed by atoms with Gasteiger partial charge in [0, 0.05) is 19.2 Å². The number of rotatable bonds is 8. The molecule has 2 aromatic carbocycles. The molecule has 1 amide bonds. The minimum Gasteiger partial charge on any atom is -0.497 e. The number of carbonyl (C=O) groups excluding carboxylic acids is 1. The SMILES string of the molecule is CCOc1ccc(S(=O)(=O)N2CCC[C@H](C(=O)Nc3cc(OC)ccc3OC)C2)cc1. The largest absolute Gasteiger partial charge is 0.497 e. The van der Waals surface area contributed by atoms with Crippen LogP contribution < -0.4 is 19.5 Å². The number of benzene rings is 2. The predicted octanol–water partition coefficient (Wildman–Crippen LogP) is 3.14. The van der Waals surface area contributed by atoms with Crippen LogP contribution in [0, 0.1) is 5.92 Å². The van der Waals surface area contributed by atoms with Crippen LogP contribution in [0.4, 0.5) is 5.69 Å². The molecule has 1 aliphatic heterocycles. The molecule has 31 heavy (non-hydrogen) atoms. The van der Waals surface area contributed by atoms with E-state index in [0.717, 1.165) is 0 Å². The highest BCUT2D eigenvalue weighted by Crippen LogP contribution is 2.31. The molecule has 0 saturated carbocycles. The Morgan fingerprint density at radius 1 is 1.10 bits per heavy atom. The zero-order chi connectivity index (χ0) is 22.4. The highest BCUT2D eigenvalue weighted by molar-refractivity contribution is 7.89. The van der Waals surface area contributed by atoms with Crippen LogP contribution in [-0.4, -0.2) is 52.5 Å². The highest BCUT2D eigenvalue weighted by atomic mass is 32.2. The molecule has 0 spiro atoms. The molecule has 1 fully saturated rings. The number of hydrogen-bond donors (Lipinski definition) is 1. The number of carbonyl (C=O) groups is 1. The molecular formula is C22H28N2O6S. The Morgan fingerprint density at radius 2 is 1.81 bits per heavy atom. The van der Waals surface area contributed by atoms with Crippen molar-refractivity contribution in [3.63, 3.8) is 0 Å². The van der Waals surface area contributed by atoms with Gasteiger partial charge in [0.1, 0.15) is 17.2 Å². The van der Waals surface area contributed by atoms with Crippen LogP contribution in [0.25, 0.3) is 0 Å². The van der Waals surface area contributed by atoms with Crippen LogP contribution in [0.15, 0.2) is 47.4 Å². The number of piperidine rings is 1. The van der Waals surface area contributed by atoms with Gasteiger partial charge in [0.25, 0.3) is 0 Å². The molecule has 1 aliphatic rings. The summed E-state index contributed by atoms with van der Waals surface area (Å²) in [5, 5.41) is 2.86. The number of nitrogens with zero attached hydrogens (tertiary/aromatic N) is 1. The Morgan fingerprint density at radius 3 is 2.45 bits per heavy atom. The average molecular weight is 449 g/mol. The minimum absolute atomic E-state index is 0.119. The van der Waals surface area contributed by atoms with Gasteiger partial charge < -0.3 is 19.5 Å². The van der Waals surface area contributed by atoms with Gasteiger partial charge in [-0.25, -0.2) is 8.42 Å². The molecule has 168 valence electrons. The summed E-state index contributed by atoms with van der Waals surface area (Å²) in [4.78, 5) is 13.1. The van der Waals surface area contributed by atoms with E-state index in [1.54, 1.807) is 30.3 Å². The summed E-state index contributed by atoms with van der Waals surface area (Å²) in [7, 11) is -0.646. The van der Waals surface area contributed by atoms with Gasteiger partial charge in [-0.1, -0.05) is 0 Å². The molecule has 2 aromatic rings. The molecule has 1 heterocycles. The van der Waals surface area contributed by atoms with Crippen molar-refractivity contribution < 1.29 is 27.4 Å². The monoisotopic (exact) mass is 448 g/mol. The number of ether oxygens (including phenoxy) is 3. The van der Waals surface area contributed by atoms with Crippen LogP contribution >= 0.6 is 0 Å². The first-order valence-electron chi connectivity index (χ1n) is 10.1. The fraction of sp³-hybridized carbons (Fsp3) is 0.409. The summed E-state index contributed by atoms with van der Waals surface area (Å²) in [6.45, 7) is 2.87. The lowest BCUT2D eigenvalue weighted by atomic mass is 9.98. The Hall–Kier alpha value is -2.78. The summed E-state index contributed by atoms with van der Waals surface area (Å²) in [6, 6.07) is 11.5. The fourth-order valence-corrected chi connectivity index (χ4v) is 5.07. The first kappa shape index (κ1) is 22.9. The molecule has 3 rings (SSSR count). The maximum absolute atomic E-state index is 13.1. The lowest BCUT2D eigenvalue weighted by Crippen LogP contribution is -2.43. The summed E-state index contributed by atoms with van der Waals surface area (Å²) in [5.74, 6) is 0.980. The Bertz CT molecular complexity index is 1010. The van der Waals surface area contributed by atoms with E-state index in [2.05, 4.69) is 5.32 Å². The molecule has 0 aliphatic carbocycles. The number of nitrogens with one attached hydrogen (secondary N) is 1. The number of hydrogen-bond acceptors (Lipinski definition) is 6. The molecule has 9 heteroatoms. The van der Waals surface area contributed by atoms with Crippen molar-refractivity contribution >= 4 is 21.6 Å². The topological polar surface area (TPSA) is 94.2 Å². The predicted molar refractivity (Wildman–Crippen MR) is 117 cm³/mol. The third-order valence-corrected chi connectivity index (χ3v) is 7.07. The highest BCUT2D eigenvalue weighted by Gasteiger charge is 2.33. The van der Waals surface area contributed by atoms with Gasteiger partial charge in [0.05, 0.1) is 37.3 Å². The fourth-order valence-electron chi connectivity index (χ4n) is 3.54. The van der Waals surface area contributed by atoms with E-state index in [0.29, 0.717) is 48.9 Å². The lowest BCUT2D eigenvalue weighted by molar-refractivity contribution is -0.120. The second-order valence-corrected chi connectivity index (χ2v) is 9.10. The molecule has 1 saturated heterocycles. The first-order chi connectivity index (χ1) is 14.9. The summed E-state index contributed by atoms with van der Waals surface area (Å²) in [5.41, 5.74) is 0.485. The van der Waals surface area contributed by atoms with Gasteiger partial charge in [0.2, 0.25) is 15.9 Å². The number of amides is 1. The van der Waals surface area contributed by atoms with Gasteiger partial charge in [-0.2, -0.15) is 4.31 Å². The molecule has 0 bridgehead atoms. The Kier molecular flexibility index (Phi) is 7.40. The van der Waals surface area contributed by atoms with E-state index in [4.69, 9.17) is 14.2 Å². The summed E-state index contributed by atoms with van der Waals surface area (Å²) < 4.78 is 43.4. The molecule has 0 unspecified atom stereocenters. The molecule has 0 aromatic heterocycles. The number of anilines is 1. The zero-order valence-electron chi connectivity index (χ0n) is 18.0. The van der Waals surface area contributed by atoms with Gasteiger partial charge >= 0.3 is 0 Å². The number of sulfonamides is 1. The number of methoxy groups -OCH3 is 2. The molecule has 1 atom stereocenters. The van der Waals surface area contributed by atoms with Gasteiger partial charge in [-0.05, 0) is 56.2 Å². The second kappa shape index (κ2) is 10.0. The van der Waals surface area contributed by atoms with E-state index in [9.17, 15) is 13.2 Å². The third kappa shape index (κ3) is 5.29. The smallest absolute Gasteiger partial charge is 0.243 e. The molecule has 0 radical (unpaired) electrons. The molecule has 8 nitrogen and oxygen atoms in total. The van der Waals surface area contributed by atoms with Gasteiger partial charge in [0.15, 0.2) is 0 Å². The Balaban J connectivity index is 1.73. The van der Waals surface area contributed by atoms with Crippen LogP contribution in [0.2, 0.25) is 0 Å². The van der Waals surface area contributed by atoms with Crippen LogP contribution in [0.5, 0.6) is 17.2 Å². The standard InChI is InChI=1S/C22H28N2O6S/c1-4-30-17-7-10-19(11-8-17)31(26,27)24-13-5-6-16(15-24)22(25)23-20-14-18(28-2)9-12-21(20)29-3/h7-12,14,16H,4-6,13,15H2,1-3H3,(H,23,25)/t16-/m0/s1. The molecular weight excluding hydrogens is 420 g/mol. The van der Waals surface area contributed by atoms with Gasteiger partial charge in [-0.3, -0.25) is 4.79 Å². The van der Waals surface area contributed by atoms with Crippen molar-refractivity contribution in [3.8, 4) is 17.2 Å². The lowest BCUT2D eigenvalue weighted by Gasteiger charge is -2.31. The molecule has 1 N–H and O–H groups in total. The van der Waals surface area contributed by atoms with Crippen molar-refractivity contribution in [1.82, 2.24) is 4.31 Å². The summed E-state index contributed by atoms with van der Waals surface area (Å²) in [6.07, 6.45) is 1.21. The summed E-state index contributed by atoms with van der Waals surface area (Å²) >= 11 is 0. The Labute approximate surface area is 183 Å². The van der Waals surface area contributed by atoms with Crippen LogP contribution in [0.3, 0.4) is 0 Å². The second-order valence-electron chi connectivity index (χ2n) is 7.16. The van der Waals surface area contributed by atoms with Gasteiger partial charge in [-0.15, -0.1) is 0 Å². The zero-order valence-corrected chi connectivity index (χ0v) is 18.8. The quantitative estimate of drug-likeness (QED) is 0.667. The van der Waals surface area contributed by atoms with Crippen molar-refractivity contribution in [2.24, 2.45) is 5.92 Å². The van der Waals surface area contributed by atoms with E-state index in [1.165, 1.54) is 30.7 Å².